The summed E-state index contributed by atoms with van der Waals surface area (Å²) < 4.78 is 138. The van der Waals surface area contributed by atoms with Crippen molar-refractivity contribution in [2.75, 3.05) is 0 Å². The van der Waals surface area contributed by atoms with Crippen molar-refractivity contribution in [3.63, 3.8) is 0 Å². The van der Waals surface area contributed by atoms with Gasteiger partial charge in [0, 0.05) is 0 Å². The van der Waals surface area contributed by atoms with Gasteiger partial charge < -0.3 is 0 Å². The highest BCUT2D eigenvalue weighted by atomic mass is 19.3. The number of hydrogen-bond donors (Lipinski definition) is 0. The van der Waals surface area contributed by atoms with Crippen molar-refractivity contribution in [2.24, 2.45) is 0 Å². The molecular formula is C11H6F10. The van der Waals surface area contributed by atoms with Crippen molar-refractivity contribution in [3.05, 3.63) is 25.3 Å². The molecule has 0 aromatic carbocycles. The lowest BCUT2D eigenvalue weighted by Crippen LogP contribution is -2.75. The van der Waals surface area contributed by atoms with E-state index in [9.17, 15) is 43.9 Å². The molecule has 2 fully saturated rings. The van der Waals surface area contributed by atoms with Crippen LogP contribution in [0, 0.1) is 0 Å². The molecule has 4 atom stereocenters. The fourth-order valence-electron chi connectivity index (χ4n) is 3.06. The van der Waals surface area contributed by atoms with Crippen molar-refractivity contribution >= 4 is 0 Å². The molecule has 0 heterocycles. The first-order valence-corrected chi connectivity index (χ1v) is 5.28. The Balaban J connectivity index is 3.08. The van der Waals surface area contributed by atoms with Crippen molar-refractivity contribution in [3.8, 4) is 0 Å². The maximum absolute atomic E-state index is 14.3. The Bertz CT molecular complexity index is 495. The molecule has 0 nitrogen and oxygen atoms in total. The van der Waals surface area contributed by atoms with E-state index < -0.39 is 52.6 Å². The quantitative estimate of drug-likeness (QED) is 0.528. The molecule has 0 spiro atoms. The summed E-state index contributed by atoms with van der Waals surface area (Å²) in [6.45, 7) is 4.70. The second kappa shape index (κ2) is 3.24. The second-order valence-electron chi connectivity index (χ2n) is 4.87. The molecule has 2 aliphatic carbocycles. The third kappa shape index (κ3) is 0.897. The van der Waals surface area contributed by atoms with E-state index in [2.05, 4.69) is 13.2 Å². The summed E-state index contributed by atoms with van der Waals surface area (Å²) in [5.41, 5.74) is -22.7. The molecule has 4 unspecified atom stereocenters. The zero-order valence-electron chi connectivity index (χ0n) is 9.85. The molecular weight excluding hydrogens is 322 g/mol. The van der Waals surface area contributed by atoms with E-state index in [1.165, 1.54) is 0 Å². The fourth-order valence-corrected chi connectivity index (χ4v) is 3.06. The van der Waals surface area contributed by atoms with Gasteiger partial charge in [0.2, 0.25) is 11.3 Å². The normalized spacial score (nSPS) is 52.7. The maximum atomic E-state index is 14.3. The molecule has 0 radical (unpaired) electrons. The first-order chi connectivity index (χ1) is 9.12. The third-order valence-electron chi connectivity index (χ3n) is 4.22. The predicted molar refractivity (Wildman–Crippen MR) is 50.6 cm³/mol. The minimum Gasteiger partial charge on any atom is -0.231 e. The molecule has 120 valence electrons. The standard InChI is InChI=1S/C11H6F10/c1-3-5(12)6(13,4-2)8(15)9(16,17)7(5,14)10(18,19)11(8,20)21/h3-4H,1-2H2. The summed E-state index contributed by atoms with van der Waals surface area (Å²) in [7, 11) is 0. The van der Waals surface area contributed by atoms with E-state index in [1.807, 2.05) is 0 Å². The van der Waals surface area contributed by atoms with Crippen LogP contribution in [0.4, 0.5) is 43.9 Å². The van der Waals surface area contributed by atoms with E-state index in [-0.39, 0.29) is 0 Å². The SMILES string of the molecule is C=CC1(F)C(F)(C=C)C2(F)C(F)(F)C(F)(F)C1(F)C2(F)F. The molecule has 2 rings (SSSR count). The number of alkyl halides is 10. The molecule has 2 bridgehead atoms. The predicted octanol–water partition coefficient (Wildman–Crippen LogP) is 4.12. The van der Waals surface area contributed by atoms with Crippen molar-refractivity contribution in [1.82, 2.24) is 0 Å². The highest BCUT2D eigenvalue weighted by molar-refractivity contribution is 5.54. The van der Waals surface area contributed by atoms with Crippen LogP contribution in [0.5, 0.6) is 0 Å². The summed E-state index contributed by atoms with van der Waals surface area (Å²) in [6, 6.07) is 0. The summed E-state index contributed by atoms with van der Waals surface area (Å²) >= 11 is 0. The Morgan fingerprint density at radius 3 is 0.905 bits per heavy atom. The van der Waals surface area contributed by atoms with E-state index in [1.54, 1.807) is 0 Å². The number of allylic oxidation sites excluding steroid dienone is 2. The molecule has 10 heteroatoms. The van der Waals surface area contributed by atoms with Gasteiger partial charge in [0.05, 0.1) is 0 Å². The van der Waals surface area contributed by atoms with Gasteiger partial charge in [0.1, 0.15) is 0 Å². The lowest BCUT2D eigenvalue weighted by molar-refractivity contribution is -0.334. The average molecular weight is 328 g/mol. The van der Waals surface area contributed by atoms with Gasteiger partial charge in [-0.3, -0.25) is 0 Å². The van der Waals surface area contributed by atoms with Gasteiger partial charge >= 0.3 is 17.8 Å². The molecule has 0 aromatic rings. The fraction of sp³-hybridized carbons (Fsp3) is 0.636. The number of halogens is 10. The van der Waals surface area contributed by atoms with E-state index in [0.717, 1.165) is 0 Å². The smallest absolute Gasteiger partial charge is 0.231 e. The summed E-state index contributed by atoms with van der Waals surface area (Å²) in [4.78, 5) is 0. The minimum atomic E-state index is -6.53. The van der Waals surface area contributed by atoms with Gasteiger partial charge in [-0.25, -0.2) is 17.6 Å². The van der Waals surface area contributed by atoms with E-state index in [4.69, 9.17) is 0 Å². The van der Waals surface area contributed by atoms with Crippen LogP contribution in [0.25, 0.3) is 0 Å². The number of rotatable bonds is 2. The third-order valence-corrected chi connectivity index (χ3v) is 4.22. The van der Waals surface area contributed by atoms with Crippen LogP contribution in [-0.4, -0.2) is 40.4 Å². The van der Waals surface area contributed by atoms with Crippen LogP contribution in [0.3, 0.4) is 0 Å². The van der Waals surface area contributed by atoms with E-state index >= 15 is 0 Å². The largest absolute Gasteiger partial charge is 0.356 e. The van der Waals surface area contributed by atoms with Crippen LogP contribution < -0.4 is 0 Å². The van der Waals surface area contributed by atoms with Gasteiger partial charge in [0.15, 0.2) is 0 Å². The second-order valence-corrected chi connectivity index (χ2v) is 4.87. The first-order valence-electron chi connectivity index (χ1n) is 5.28. The van der Waals surface area contributed by atoms with Crippen LogP contribution in [0.1, 0.15) is 0 Å². The monoisotopic (exact) mass is 328 g/mol. The van der Waals surface area contributed by atoms with Crippen LogP contribution >= 0.6 is 0 Å². The molecule has 0 N–H and O–H groups in total. The van der Waals surface area contributed by atoms with Gasteiger partial charge in [-0.15, -0.1) is 0 Å². The molecule has 0 amide bonds. The Kier molecular flexibility index (Phi) is 2.50. The molecule has 0 saturated heterocycles. The highest BCUT2D eigenvalue weighted by Crippen LogP contribution is 2.82. The minimum absolute atomic E-state index is 0.715. The molecule has 0 aliphatic heterocycles. The molecule has 2 aliphatic rings. The maximum Gasteiger partial charge on any atom is 0.356 e. The average Bonchev–Trinajstić information content (AvgIpc) is 2.52. The van der Waals surface area contributed by atoms with Gasteiger partial charge in [-0.2, -0.15) is 26.3 Å². The lowest BCUT2D eigenvalue weighted by atomic mass is 9.68. The van der Waals surface area contributed by atoms with Crippen LogP contribution in [0.2, 0.25) is 0 Å². The van der Waals surface area contributed by atoms with Crippen molar-refractivity contribution in [1.29, 1.82) is 0 Å². The topological polar surface area (TPSA) is 0 Å². The molecule has 21 heavy (non-hydrogen) atoms. The van der Waals surface area contributed by atoms with Crippen LogP contribution in [0.15, 0.2) is 25.3 Å². The first kappa shape index (κ1) is 16.2. The Labute approximate surface area is 111 Å². The summed E-state index contributed by atoms with van der Waals surface area (Å²) in [5.74, 6) is -19.4. The Morgan fingerprint density at radius 1 is 0.476 bits per heavy atom. The van der Waals surface area contributed by atoms with Gasteiger partial charge in [0.25, 0.3) is 11.3 Å². The van der Waals surface area contributed by atoms with Gasteiger partial charge in [-0.1, -0.05) is 13.2 Å². The highest BCUT2D eigenvalue weighted by Gasteiger charge is 3.14. The van der Waals surface area contributed by atoms with Crippen molar-refractivity contribution < 1.29 is 43.9 Å². The van der Waals surface area contributed by atoms with Crippen LogP contribution in [-0.2, 0) is 0 Å². The Morgan fingerprint density at radius 2 is 0.714 bits per heavy atom. The Hall–Kier alpha value is -1.22. The van der Waals surface area contributed by atoms with Crippen molar-refractivity contribution in [2.45, 2.75) is 40.4 Å². The lowest BCUT2D eigenvalue weighted by Gasteiger charge is -2.47. The zero-order chi connectivity index (χ0) is 16.9. The number of hydrogen-bond acceptors (Lipinski definition) is 0. The van der Waals surface area contributed by atoms with Gasteiger partial charge in [-0.05, 0) is 12.2 Å². The van der Waals surface area contributed by atoms with E-state index in [0.29, 0.717) is 0 Å². The summed E-state index contributed by atoms with van der Waals surface area (Å²) in [6.07, 6.45) is -1.43. The molecule has 2 saturated carbocycles. The zero-order valence-corrected chi connectivity index (χ0v) is 9.85. The number of fused-ring (bicyclic) bond motifs is 2. The summed E-state index contributed by atoms with van der Waals surface area (Å²) in [5, 5.41) is 0. The molecule has 0 aromatic heterocycles.